The van der Waals surface area contributed by atoms with Gasteiger partial charge in [-0.2, -0.15) is 5.26 Å². The molecule has 0 saturated heterocycles. The number of carbonyl (C=O) groups is 1. The van der Waals surface area contributed by atoms with Crippen molar-refractivity contribution in [2.24, 2.45) is 4.99 Å². The Hall–Kier alpha value is -4.02. The molecule has 0 unspecified atom stereocenters. The summed E-state index contributed by atoms with van der Waals surface area (Å²) >= 11 is 1.48. The molecule has 0 aliphatic carbocycles. The lowest BCUT2D eigenvalue weighted by Crippen LogP contribution is -2.30. The highest BCUT2D eigenvalue weighted by Crippen LogP contribution is 2.35. The zero-order chi connectivity index (χ0) is 22.8. The summed E-state index contributed by atoms with van der Waals surface area (Å²) in [6.07, 6.45) is 1.76. The molecule has 0 saturated carbocycles. The number of hydrogen-bond acceptors (Lipinski definition) is 6. The minimum atomic E-state index is -0.182. The highest BCUT2D eigenvalue weighted by Gasteiger charge is 2.32. The van der Waals surface area contributed by atoms with Crippen molar-refractivity contribution in [2.45, 2.75) is 12.7 Å². The van der Waals surface area contributed by atoms with Gasteiger partial charge in [0.2, 0.25) is 6.79 Å². The molecule has 6 nitrogen and oxygen atoms in total. The SMILES string of the molecule is Cc1ccc(N2C(=O)C(=Cc3ccc4c(c3)OCO4)N=C2SCc2ccc(C#N)cc2)cc1. The average molecular weight is 454 g/mol. The zero-order valence-electron chi connectivity index (χ0n) is 17.8. The smallest absolute Gasteiger partial charge is 0.283 e. The van der Waals surface area contributed by atoms with Crippen LogP contribution in [0.1, 0.15) is 22.3 Å². The van der Waals surface area contributed by atoms with E-state index in [2.05, 4.69) is 11.1 Å². The van der Waals surface area contributed by atoms with E-state index in [1.807, 2.05) is 61.5 Å². The number of fused-ring (bicyclic) bond motifs is 1. The van der Waals surface area contributed by atoms with Crippen molar-refractivity contribution in [1.82, 2.24) is 0 Å². The van der Waals surface area contributed by atoms with Crippen molar-refractivity contribution < 1.29 is 14.3 Å². The molecule has 2 aliphatic rings. The minimum absolute atomic E-state index is 0.182. The molecule has 3 aromatic rings. The molecular weight excluding hydrogens is 434 g/mol. The van der Waals surface area contributed by atoms with Crippen LogP contribution in [-0.4, -0.2) is 17.9 Å². The predicted octanol–water partition coefficient (Wildman–Crippen LogP) is 5.27. The van der Waals surface area contributed by atoms with Gasteiger partial charge in [-0.05, 0) is 60.5 Å². The summed E-state index contributed by atoms with van der Waals surface area (Å²) in [4.78, 5) is 19.7. The van der Waals surface area contributed by atoms with Crippen LogP contribution in [0, 0.1) is 18.3 Å². The summed E-state index contributed by atoms with van der Waals surface area (Å²) in [7, 11) is 0. The number of nitrogens with zero attached hydrogens (tertiary/aromatic N) is 3. The topological polar surface area (TPSA) is 74.9 Å². The summed E-state index contributed by atoms with van der Waals surface area (Å²) in [5.74, 6) is 1.79. The van der Waals surface area contributed by atoms with Gasteiger partial charge in [0.05, 0.1) is 17.3 Å². The maximum atomic E-state index is 13.4. The number of ether oxygens (including phenoxy) is 2. The second-order valence-corrected chi connectivity index (χ2v) is 8.55. The highest BCUT2D eigenvalue weighted by molar-refractivity contribution is 8.13. The summed E-state index contributed by atoms with van der Waals surface area (Å²) in [5.41, 5.74) is 4.72. The average Bonchev–Trinajstić information content (AvgIpc) is 3.43. The molecule has 1 amide bonds. The zero-order valence-corrected chi connectivity index (χ0v) is 18.6. The Morgan fingerprint density at radius 3 is 2.58 bits per heavy atom. The van der Waals surface area contributed by atoms with Crippen LogP contribution in [0.15, 0.2) is 77.4 Å². The lowest BCUT2D eigenvalue weighted by molar-refractivity contribution is -0.113. The molecule has 0 fully saturated rings. The number of anilines is 1. The molecule has 33 heavy (non-hydrogen) atoms. The molecule has 2 aliphatic heterocycles. The lowest BCUT2D eigenvalue weighted by atomic mass is 10.1. The number of rotatable bonds is 4. The van der Waals surface area contributed by atoms with Crippen molar-refractivity contribution in [3.63, 3.8) is 0 Å². The number of aryl methyl sites for hydroxylation is 1. The van der Waals surface area contributed by atoms with Gasteiger partial charge in [-0.3, -0.25) is 9.69 Å². The van der Waals surface area contributed by atoms with E-state index < -0.39 is 0 Å². The van der Waals surface area contributed by atoms with E-state index >= 15 is 0 Å². The Morgan fingerprint density at radius 2 is 1.82 bits per heavy atom. The van der Waals surface area contributed by atoms with E-state index in [-0.39, 0.29) is 12.7 Å². The fourth-order valence-electron chi connectivity index (χ4n) is 3.50. The van der Waals surface area contributed by atoms with Crippen molar-refractivity contribution >= 4 is 34.6 Å². The number of benzene rings is 3. The molecule has 0 bridgehead atoms. The number of aliphatic imine (C=N–C) groups is 1. The number of nitriles is 1. The van der Waals surface area contributed by atoms with Gasteiger partial charge in [0, 0.05) is 5.75 Å². The van der Waals surface area contributed by atoms with Crippen LogP contribution >= 0.6 is 11.8 Å². The lowest BCUT2D eigenvalue weighted by Gasteiger charge is -2.18. The summed E-state index contributed by atoms with van der Waals surface area (Å²) in [5, 5.41) is 9.61. The van der Waals surface area contributed by atoms with E-state index in [0.717, 1.165) is 22.4 Å². The van der Waals surface area contributed by atoms with Gasteiger partial charge in [-0.1, -0.05) is 47.7 Å². The third kappa shape index (κ3) is 4.34. The number of hydrogen-bond donors (Lipinski definition) is 0. The normalized spacial score (nSPS) is 15.6. The quantitative estimate of drug-likeness (QED) is 0.503. The number of thioether (sulfide) groups is 1. The summed E-state index contributed by atoms with van der Waals surface area (Å²) < 4.78 is 10.8. The number of amidine groups is 1. The Morgan fingerprint density at radius 1 is 1.06 bits per heavy atom. The van der Waals surface area contributed by atoms with Crippen molar-refractivity contribution in [3.8, 4) is 17.6 Å². The minimum Gasteiger partial charge on any atom is -0.454 e. The second-order valence-electron chi connectivity index (χ2n) is 7.61. The molecular formula is C26H19N3O3S. The van der Waals surface area contributed by atoms with Crippen LogP contribution < -0.4 is 14.4 Å². The van der Waals surface area contributed by atoms with Crippen LogP contribution in [0.4, 0.5) is 5.69 Å². The number of carbonyl (C=O) groups excluding carboxylic acids is 1. The molecule has 0 N–H and O–H groups in total. The molecule has 2 heterocycles. The second kappa shape index (κ2) is 8.85. The van der Waals surface area contributed by atoms with E-state index in [9.17, 15) is 4.79 Å². The Labute approximate surface area is 195 Å². The monoisotopic (exact) mass is 453 g/mol. The maximum absolute atomic E-state index is 13.4. The highest BCUT2D eigenvalue weighted by atomic mass is 32.2. The third-order valence-corrected chi connectivity index (χ3v) is 6.28. The molecule has 5 rings (SSSR count). The molecule has 0 radical (unpaired) electrons. The van der Waals surface area contributed by atoms with Gasteiger partial charge in [0.1, 0.15) is 5.70 Å². The molecule has 162 valence electrons. The third-order valence-electron chi connectivity index (χ3n) is 5.27. The first-order chi connectivity index (χ1) is 16.1. The number of amides is 1. The van der Waals surface area contributed by atoms with Crippen LogP contribution in [0.2, 0.25) is 0 Å². The van der Waals surface area contributed by atoms with Crippen molar-refractivity contribution in [3.05, 3.63) is 94.7 Å². The first-order valence-corrected chi connectivity index (χ1v) is 11.3. The van der Waals surface area contributed by atoms with Crippen molar-refractivity contribution in [2.75, 3.05) is 11.7 Å². The Balaban J connectivity index is 1.45. The van der Waals surface area contributed by atoms with Crippen LogP contribution in [0.5, 0.6) is 11.5 Å². The van der Waals surface area contributed by atoms with Gasteiger partial charge in [-0.15, -0.1) is 0 Å². The van der Waals surface area contributed by atoms with Crippen LogP contribution in [-0.2, 0) is 10.5 Å². The molecule has 7 heteroatoms. The van der Waals surface area contributed by atoms with Gasteiger partial charge in [0.15, 0.2) is 16.7 Å². The van der Waals surface area contributed by atoms with Crippen LogP contribution in [0.3, 0.4) is 0 Å². The Bertz CT molecular complexity index is 1320. The predicted molar refractivity (Wildman–Crippen MR) is 129 cm³/mol. The standard InChI is InChI=1S/C26H19N3O3S/c1-17-2-9-21(10-3-17)29-25(30)22(12-20-8-11-23-24(13-20)32-16-31-23)28-26(29)33-15-19-6-4-18(14-27)5-7-19/h2-13H,15-16H2,1H3. The summed E-state index contributed by atoms with van der Waals surface area (Å²) in [6, 6.07) is 22.9. The largest absolute Gasteiger partial charge is 0.454 e. The fourth-order valence-corrected chi connectivity index (χ4v) is 4.47. The fraction of sp³-hybridized carbons (Fsp3) is 0.115. The van der Waals surface area contributed by atoms with Gasteiger partial charge >= 0.3 is 0 Å². The van der Waals surface area contributed by atoms with E-state index in [0.29, 0.717) is 33.7 Å². The molecule has 0 aromatic heterocycles. The van der Waals surface area contributed by atoms with E-state index in [1.54, 1.807) is 23.1 Å². The van der Waals surface area contributed by atoms with Crippen molar-refractivity contribution in [1.29, 1.82) is 5.26 Å². The molecule has 0 spiro atoms. The van der Waals surface area contributed by atoms with Gasteiger partial charge in [0.25, 0.3) is 5.91 Å². The first kappa shape index (κ1) is 20.9. The van der Waals surface area contributed by atoms with E-state index in [1.165, 1.54) is 11.8 Å². The first-order valence-electron chi connectivity index (χ1n) is 10.3. The van der Waals surface area contributed by atoms with Gasteiger partial charge < -0.3 is 9.47 Å². The van der Waals surface area contributed by atoms with E-state index in [4.69, 9.17) is 14.7 Å². The molecule has 0 atom stereocenters. The molecule has 3 aromatic carbocycles. The maximum Gasteiger partial charge on any atom is 0.283 e. The Kier molecular flexibility index (Phi) is 5.59. The summed E-state index contributed by atoms with van der Waals surface area (Å²) in [6.45, 7) is 2.21. The van der Waals surface area contributed by atoms with Crippen LogP contribution in [0.25, 0.3) is 6.08 Å². The van der Waals surface area contributed by atoms with Gasteiger partial charge in [-0.25, -0.2) is 4.99 Å².